The van der Waals surface area contributed by atoms with E-state index in [2.05, 4.69) is 16.8 Å². The minimum Gasteiger partial charge on any atom is -0.469 e. The molecule has 0 radical (unpaired) electrons. The summed E-state index contributed by atoms with van der Waals surface area (Å²) >= 11 is 0. The van der Waals surface area contributed by atoms with Crippen molar-refractivity contribution in [2.75, 3.05) is 26.7 Å². The molecular weight excluding hydrogens is 362 g/mol. The van der Waals surface area contributed by atoms with Gasteiger partial charge in [-0.1, -0.05) is 6.58 Å². The number of carbonyl (C=O) groups is 3. The molecule has 2 amide bonds. The third-order valence-corrected chi connectivity index (χ3v) is 5.76. The average Bonchev–Trinajstić information content (AvgIpc) is 3.17. The van der Waals surface area contributed by atoms with Gasteiger partial charge in [-0.15, -0.1) is 10.2 Å². The Kier molecular flexibility index (Phi) is 6.11. The van der Waals surface area contributed by atoms with Crippen molar-refractivity contribution >= 4 is 17.8 Å². The highest BCUT2D eigenvalue weighted by Crippen LogP contribution is 2.37. The molecule has 152 valence electrons. The minimum atomic E-state index is -0.492. The fraction of sp³-hybridized carbons (Fsp3) is 0.632. The molecule has 9 nitrogen and oxygen atoms in total. The number of hydrogen-bond acceptors (Lipinski definition) is 6. The number of piperidine rings is 2. The number of amides is 2. The summed E-state index contributed by atoms with van der Waals surface area (Å²) in [6, 6.07) is -0.492. The van der Waals surface area contributed by atoms with Gasteiger partial charge in [-0.25, -0.2) is 0 Å². The number of hydrogen-bond donors (Lipinski definition) is 0. The second-order valence-corrected chi connectivity index (χ2v) is 7.35. The molecule has 0 saturated carbocycles. The van der Waals surface area contributed by atoms with Gasteiger partial charge in [0.25, 0.3) is 0 Å². The predicted octanol–water partition coefficient (Wildman–Crippen LogP) is 0.692. The van der Waals surface area contributed by atoms with Crippen LogP contribution in [0.3, 0.4) is 0 Å². The van der Waals surface area contributed by atoms with Crippen LogP contribution in [0.5, 0.6) is 0 Å². The van der Waals surface area contributed by atoms with E-state index in [1.807, 2.05) is 0 Å². The number of ether oxygens (including phenoxy) is 1. The van der Waals surface area contributed by atoms with Crippen molar-refractivity contribution in [3.63, 3.8) is 0 Å². The van der Waals surface area contributed by atoms with E-state index in [4.69, 9.17) is 4.74 Å². The molecule has 3 heterocycles. The molecule has 0 aromatic carbocycles. The fourth-order valence-corrected chi connectivity index (χ4v) is 4.23. The van der Waals surface area contributed by atoms with Gasteiger partial charge in [0.2, 0.25) is 11.8 Å². The summed E-state index contributed by atoms with van der Waals surface area (Å²) in [5.41, 5.74) is 0. The average molecular weight is 389 g/mol. The molecule has 2 fully saturated rings. The Balaban J connectivity index is 1.81. The predicted molar refractivity (Wildman–Crippen MR) is 99.7 cm³/mol. The third kappa shape index (κ3) is 3.79. The molecule has 9 heteroatoms. The third-order valence-electron chi connectivity index (χ3n) is 5.76. The van der Waals surface area contributed by atoms with Crippen LogP contribution in [-0.4, -0.2) is 69.1 Å². The zero-order chi connectivity index (χ0) is 20.3. The molecule has 0 unspecified atom stereocenters. The zero-order valence-corrected chi connectivity index (χ0v) is 16.4. The summed E-state index contributed by atoms with van der Waals surface area (Å²) in [7, 11) is 3.17. The normalized spacial score (nSPS) is 23.4. The Morgan fingerprint density at radius 1 is 1.21 bits per heavy atom. The van der Waals surface area contributed by atoms with Crippen molar-refractivity contribution in [3.05, 3.63) is 24.8 Å². The zero-order valence-electron chi connectivity index (χ0n) is 16.4. The van der Waals surface area contributed by atoms with Crippen LogP contribution in [0.4, 0.5) is 0 Å². The lowest BCUT2D eigenvalue weighted by molar-refractivity contribution is -0.155. The number of likely N-dealkylation sites (tertiary alicyclic amines) is 2. The SMILES string of the molecule is C=CC(=O)N1CCC(C(=O)N2CCC[C@@H](C(=O)OC)[C@H]2c2nncn2C)CC1. The van der Waals surface area contributed by atoms with Crippen LogP contribution < -0.4 is 0 Å². The van der Waals surface area contributed by atoms with Crippen molar-refractivity contribution in [2.24, 2.45) is 18.9 Å². The lowest BCUT2D eigenvalue weighted by Crippen LogP contribution is -2.50. The summed E-state index contributed by atoms with van der Waals surface area (Å²) < 4.78 is 6.74. The van der Waals surface area contributed by atoms with Gasteiger partial charge in [-0.3, -0.25) is 14.4 Å². The van der Waals surface area contributed by atoms with Gasteiger partial charge in [0.05, 0.1) is 13.0 Å². The van der Waals surface area contributed by atoms with E-state index in [-0.39, 0.29) is 23.7 Å². The molecular formula is C19H27N5O4. The van der Waals surface area contributed by atoms with Gasteiger partial charge >= 0.3 is 5.97 Å². The first-order chi connectivity index (χ1) is 13.5. The lowest BCUT2D eigenvalue weighted by Gasteiger charge is -2.42. The first-order valence-electron chi connectivity index (χ1n) is 9.61. The monoisotopic (exact) mass is 389 g/mol. The highest BCUT2D eigenvalue weighted by Gasteiger charge is 2.44. The second kappa shape index (κ2) is 8.53. The largest absolute Gasteiger partial charge is 0.469 e. The molecule has 1 aromatic rings. The minimum absolute atomic E-state index is 0.00676. The van der Waals surface area contributed by atoms with Crippen molar-refractivity contribution < 1.29 is 19.1 Å². The number of methoxy groups -OCH3 is 1. The Labute approximate surface area is 164 Å². The highest BCUT2D eigenvalue weighted by molar-refractivity contribution is 5.87. The standard InChI is InChI=1S/C19H27N5O4/c1-4-15(25)23-10-7-13(8-11-23)18(26)24-9-5-6-14(19(27)28-3)16(24)17-21-20-12-22(17)2/h4,12-14,16H,1,5-11H2,2-3H3/t14-,16+/m1/s1. The van der Waals surface area contributed by atoms with Crippen LogP contribution in [0, 0.1) is 11.8 Å². The van der Waals surface area contributed by atoms with Crippen molar-refractivity contribution in [1.29, 1.82) is 0 Å². The van der Waals surface area contributed by atoms with E-state index in [0.717, 1.165) is 6.42 Å². The van der Waals surface area contributed by atoms with Crippen LogP contribution in [-0.2, 0) is 26.2 Å². The second-order valence-electron chi connectivity index (χ2n) is 7.35. The van der Waals surface area contributed by atoms with Gasteiger partial charge in [0, 0.05) is 32.6 Å². The quantitative estimate of drug-likeness (QED) is 0.555. The summed E-state index contributed by atoms with van der Waals surface area (Å²) in [5, 5.41) is 8.11. The summed E-state index contributed by atoms with van der Waals surface area (Å²) in [6.07, 6.45) is 5.44. The number of esters is 1. The number of nitrogens with zero attached hydrogens (tertiary/aromatic N) is 5. The van der Waals surface area contributed by atoms with Gasteiger partial charge in [-0.05, 0) is 31.8 Å². The van der Waals surface area contributed by atoms with E-state index < -0.39 is 12.0 Å². The molecule has 28 heavy (non-hydrogen) atoms. The number of aromatic nitrogens is 3. The van der Waals surface area contributed by atoms with Crippen LogP contribution in [0.1, 0.15) is 37.5 Å². The molecule has 2 saturated heterocycles. The van der Waals surface area contributed by atoms with E-state index in [9.17, 15) is 14.4 Å². The van der Waals surface area contributed by atoms with Crippen molar-refractivity contribution in [2.45, 2.75) is 31.7 Å². The molecule has 0 N–H and O–H groups in total. The molecule has 3 rings (SSSR count). The fourth-order valence-electron chi connectivity index (χ4n) is 4.23. The molecule has 1 aromatic heterocycles. The van der Waals surface area contributed by atoms with Crippen molar-refractivity contribution in [1.82, 2.24) is 24.6 Å². The summed E-state index contributed by atoms with van der Waals surface area (Å²) in [6.45, 7) is 5.15. The van der Waals surface area contributed by atoms with Crippen LogP contribution in [0.15, 0.2) is 19.0 Å². The molecule has 0 bridgehead atoms. The van der Waals surface area contributed by atoms with Gasteiger partial charge in [-0.2, -0.15) is 0 Å². The number of carbonyl (C=O) groups excluding carboxylic acids is 3. The van der Waals surface area contributed by atoms with Crippen molar-refractivity contribution in [3.8, 4) is 0 Å². The summed E-state index contributed by atoms with van der Waals surface area (Å²) in [4.78, 5) is 41.0. The van der Waals surface area contributed by atoms with Gasteiger partial charge < -0.3 is 19.1 Å². The molecule has 0 aliphatic carbocycles. The Bertz CT molecular complexity index is 753. The molecule has 2 aliphatic heterocycles. The Morgan fingerprint density at radius 3 is 2.50 bits per heavy atom. The van der Waals surface area contributed by atoms with Gasteiger partial charge in [0.15, 0.2) is 5.82 Å². The first-order valence-corrected chi connectivity index (χ1v) is 9.61. The number of aryl methyl sites for hydroxylation is 1. The summed E-state index contributed by atoms with van der Waals surface area (Å²) in [5.74, 6) is -0.493. The maximum Gasteiger partial charge on any atom is 0.311 e. The molecule has 2 aliphatic rings. The van der Waals surface area contributed by atoms with Crippen LogP contribution in [0.25, 0.3) is 0 Å². The Morgan fingerprint density at radius 2 is 1.93 bits per heavy atom. The van der Waals surface area contributed by atoms with Gasteiger partial charge in [0.1, 0.15) is 12.4 Å². The Hall–Kier alpha value is -2.71. The first kappa shape index (κ1) is 20.0. The van der Waals surface area contributed by atoms with E-state index in [0.29, 0.717) is 44.7 Å². The molecule has 2 atom stereocenters. The lowest BCUT2D eigenvalue weighted by atomic mass is 9.86. The molecule has 0 spiro atoms. The maximum absolute atomic E-state index is 13.4. The highest BCUT2D eigenvalue weighted by atomic mass is 16.5. The van der Waals surface area contributed by atoms with E-state index >= 15 is 0 Å². The number of rotatable bonds is 4. The van der Waals surface area contributed by atoms with E-state index in [1.54, 1.807) is 27.7 Å². The smallest absolute Gasteiger partial charge is 0.311 e. The topological polar surface area (TPSA) is 97.6 Å². The van der Waals surface area contributed by atoms with E-state index in [1.165, 1.54) is 13.2 Å². The van der Waals surface area contributed by atoms with Crippen LogP contribution in [0.2, 0.25) is 0 Å². The maximum atomic E-state index is 13.4. The van der Waals surface area contributed by atoms with Crippen LogP contribution >= 0.6 is 0 Å².